The Bertz CT molecular complexity index is 403. The molecule has 0 bridgehead atoms. The van der Waals surface area contributed by atoms with E-state index < -0.39 is 0 Å². The van der Waals surface area contributed by atoms with Gasteiger partial charge in [0.1, 0.15) is 0 Å². The molecule has 1 atom stereocenters. The van der Waals surface area contributed by atoms with Crippen molar-refractivity contribution in [3.8, 4) is 0 Å². The molecule has 0 aromatic heterocycles. The number of hydrogen-bond donors (Lipinski definition) is 1. The van der Waals surface area contributed by atoms with Gasteiger partial charge >= 0.3 is 0 Å². The second-order valence-corrected chi connectivity index (χ2v) is 7.05. The van der Waals surface area contributed by atoms with Crippen molar-refractivity contribution in [1.82, 2.24) is 10.2 Å². The molecular weight excluding hydrogens is 276 g/mol. The molecule has 118 valence electrons. The van der Waals surface area contributed by atoms with Gasteiger partial charge in [0.15, 0.2) is 0 Å². The normalized spacial score (nSPS) is 22.3. The van der Waals surface area contributed by atoms with Gasteiger partial charge in [0.05, 0.1) is 0 Å². The summed E-state index contributed by atoms with van der Waals surface area (Å²) in [5.41, 5.74) is 1.78. The predicted octanol–water partition coefficient (Wildman–Crippen LogP) is 3.94. The van der Waals surface area contributed by atoms with Gasteiger partial charge in [-0.25, -0.2) is 0 Å². The maximum absolute atomic E-state index is 3.80. The lowest BCUT2D eigenvalue weighted by atomic mass is 9.86. The van der Waals surface area contributed by atoms with Crippen LogP contribution in [-0.2, 0) is 0 Å². The van der Waals surface area contributed by atoms with Crippen molar-refractivity contribution >= 4 is 11.8 Å². The molecule has 3 heteroatoms. The van der Waals surface area contributed by atoms with E-state index in [4.69, 9.17) is 0 Å². The summed E-state index contributed by atoms with van der Waals surface area (Å²) in [6.45, 7) is 8.16. The summed E-state index contributed by atoms with van der Waals surface area (Å²) in [7, 11) is 0. The summed E-state index contributed by atoms with van der Waals surface area (Å²) in [6.07, 6.45) is 5.97. The van der Waals surface area contributed by atoms with Gasteiger partial charge < -0.3 is 5.32 Å². The first-order valence-electron chi connectivity index (χ1n) is 8.28. The van der Waals surface area contributed by atoms with Crippen LogP contribution in [0.3, 0.4) is 0 Å². The topological polar surface area (TPSA) is 15.3 Å². The third kappa shape index (κ3) is 4.02. The van der Waals surface area contributed by atoms with Crippen LogP contribution in [0.2, 0.25) is 0 Å². The minimum Gasteiger partial charge on any atom is -0.307 e. The molecule has 1 aromatic carbocycles. The Morgan fingerprint density at radius 2 is 1.95 bits per heavy atom. The molecule has 0 spiro atoms. The van der Waals surface area contributed by atoms with Gasteiger partial charge in [-0.2, -0.15) is 11.8 Å². The van der Waals surface area contributed by atoms with Gasteiger partial charge in [-0.1, -0.05) is 44.2 Å². The summed E-state index contributed by atoms with van der Waals surface area (Å²) in [4.78, 5) is 2.76. The Balaban J connectivity index is 2.08. The van der Waals surface area contributed by atoms with E-state index in [1.165, 1.54) is 37.1 Å². The number of thioether (sulfide) groups is 1. The van der Waals surface area contributed by atoms with Gasteiger partial charge in [-0.05, 0) is 43.4 Å². The van der Waals surface area contributed by atoms with E-state index in [-0.39, 0.29) is 0 Å². The highest BCUT2D eigenvalue weighted by Gasteiger charge is 2.38. The Hall–Kier alpha value is -0.510. The fourth-order valence-corrected chi connectivity index (χ4v) is 3.91. The number of benzene rings is 1. The molecule has 21 heavy (non-hydrogen) atoms. The molecule has 2 rings (SSSR count). The van der Waals surface area contributed by atoms with Gasteiger partial charge in [-0.3, -0.25) is 4.90 Å². The zero-order valence-electron chi connectivity index (χ0n) is 13.8. The van der Waals surface area contributed by atoms with Crippen molar-refractivity contribution in [2.24, 2.45) is 0 Å². The van der Waals surface area contributed by atoms with Crippen LogP contribution in [0.25, 0.3) is 0 Å². The molecule has 1 unspecified atom stereocenters. The average molecular weight is 307 g/mol. The summed E-state index contributed by atoms with van der Waals surface area (Å²) in [5.74, 6) is 1.27. The first kappa shape index (κ1) is 16.9. The lowest BCUT2D eigenvalue weighted by Crippen LogP contribution is -2.61. The highest BCUT2D eigenvalue weighted by molar-refractivity contribution is 7.98. The first-order valence-corrected chi connectivity index (χ1v) is 9.67. The van der Waals surface area contributed by atoms with E-state index >= 15 is 0 Å². The van der Waals surface area contributed by atoms with E-state index in [2.05, 4.69) is 60.7 Å². The number of hydrogen-bond acceptors (Lipinski definition) is 3. The lowest BCUT2D eigenvalue weighted by Gasteiger charge is -2.50. The van der Waals surface area contributed by atoms with Crippen LogP contribution < -0.4 is 5.32 Å². The standard InChI is InChI=1S/C18H30N2S/c1-4-18(5-2)15-19-17(16-10-7-6-8-11-16)14-20(18)12-9-13-21-3/h6-8,10-11,17,19H,4-5,9,12-15H2,1-3H3. The minimum atomic E-state index is 0.351. The SMILES string of the molecule is CCC1(CC)CNC(c2ccccc2)CN1CCCSC. The van der Waals surface area contributed by atoms with Crippen molar-refractivity contribution in [3.63, 3.8) is 0 Å². The number of rotatable bonds is 7. The maximum Gasteiger partial charge on any atom is 0.0450 e. The number of piperazine rings is 1. The third-order valence-corrected chi connectivity index (χ3v) is 5.74. The summed E-state index contributed by atoms with van der Waals surface area (Å²) in [6, 6.07) is 11.4. The van der Waals surface area contributed by atoms with Crippen LogP contribution in [-0.4, -0.2) is 42.1 Å². The minimum absolute atomic E-state index is 0.351. The van der Waals surface area contributed by atoms with Crippen LogP contribution in [0.15, 0.2) is 30.3 Å². The summed E-state index contributed by atoms with van der Waals surface area (Å²) in [5, 5.41) is 3.80. The Kier molecular flexibility index (Phi) is 6.59. The van der Waals surface area contributed by atoms with Crippen molar-refractivity contribution in [3.05, 3.63) is 35.9 Å². The molecule has 1 aromatic rings. The molecule has 2 nitrogen and oxygen atoms in total. The fraction of sp³-hybridized carbons (Fsp3) is 0.667. The summed E-state index contributed by atoms with van der Waals surface area (Å²) >= 11 is 1.96. The van der Waals surface area contributed by atoms with E-state index in [1.807, 2.05) is 11.8 Å². The fourth-order valence-electron chi connectivity index (χ4n) is 3.49. The van der Waals surface area contributed by atoms with Crippen molar-refractivity contribution in [1.29, 1.82) is 0 Å². The molecule has 1 saturated heterocycles. The van der Waals surface area contributed by atoms with Crippen LogP contribution in [0.5, 0.6) is 0 Å². The van der Waals surface area contributed by atoms with Crippen molar-refractivity contribution in [2.75, 3.05) is 31.6 Å². The van der Waals surface area contributed by atoms with Gasteiger partial charge in [-0.15, -0.1) is 0 Å². The number of nitrogens with one attached hydrogen (secondary N) is 1. The predicted molar refractivity (Wildman–Crippen MR) is 95.1 cm³/mol. The van der Waals surface area contributed by atoms with E-state index in [9.17, 15) is 0 Å². The molecular formula is C18H30N2S. The average Bonchev–Trinajstić information content (AvgIpc) is 2.56. The molecule has 1 N–H and O–H groups in total. The molecule has 0 radical (unpaired) electrons. The molecule has 1 aliphatic heterocycles. The molecule has 0 aliphatic carbocycles. The second-order valence-electron chi connectivity index (χ2n) is 6.07. The maximum atomic E-state index is 3.80. The van der Waals surface area contributed by atoms with Crippen molar-refractivity contribution < 1.29 is 0 Å². The molecule has 1 heterocycles. The Labute approximate surface area is 134 Å². The molecule has 0 saturated carbocycles. The summed E-state index contributed by atoms with van der Waals surface area (Å²) < 4.78 is 0. The van der Waals surface area contributed by atoms with E-state index in [0.717, 1.165) is 13.1 Å². The van der Waals surface area contributed by atoms with E-state index in [1.54, 1.807) is 0 Å². The van der Waals surface area contributed by atoms with Crippen molar-refractivity contribution in [2.45, 2.75) is 44.7 Å². The highest BCUT2D eigenvalue weighted by Crippen LogP contribution is 2.31. The second kappa shape index (κ2) is 8.21. The van der Waals surface area contributed by atoms with Crippen LogP contribution in [0.4, 0.5) is 0 Å². The molecule has 1 fully saturated rings. The van der Waals surface area contributed by atoms with Crippen LogP contribution in [0, 0.1) is 0 Å². The molecule has 1 aliphatic rings. The van der Waals surface area contributed by atoms with Gasteiger partial charge in [0, 0.05) is 24.7 Å². The quantitative estimate of drug-likeness (QED) is 0.768. The molecule has 0 amide bonds. The Morgan fingerprint density at radius 3 is 2.57 bits per heavy atom. The smallest absolute Gasteiger partial charge is 0.0450 e. The zero-order chi connectivity index (χ0) is 15.1. The first-order chi connectivity index (χ1) is 10.3. The van der Waals surface area contributed by atoms with Crippen LogP contribution in [0.1, 0.15) is 44.7 Å². The third-order valence-electron chi connectivity index (χ3n) is 5.05. The van der Waals surface area contributed by atoms with Gasteiger partial charge in [0.25, 0.3) is 0 Å². The van der Waals surface area contributed by atoms with E-state index in [0.29, 0.717) is 11.6 Å². The monoisotopic (exact) mass is 306 g/mol. The highest BCUT2D eigenvalue weighted by atomic mass is 32.2. The lowest BCUT2D eigenvalue weighted by molar-refractivity contribution is 0.0316. The largest absolute Gasteiger partial charge is 0.307 e. The van der Waals surface area contributed by atoms with Gasteiger partial charge in [0.2, 0.25) is 0 Å². The van der Waals surface area contributed by atoms with Crippen LogP contribution >= 0.6 is 11.8 Å². The zero-order valence-corrected chi connectivity index (χ0v) is 14.6. The Morgan fingerprint density at radius 1 is 1.24 bits per heavy atom. The number of nitrogens with zero attached hydrogens (tertiary/aromatic N) is 1.